The zero-order valence-electron chi connectivity index (χ0n) is 10.7. The molecule has 0 aromatic carbocycles. The summed E-state index contributed by atoms with van der Waals surface area (Å²) in [7, 11) is -3.02. The highest BCUT2D eigenvalue weighted by Gasteiger charge is 2.30. The second-order valence-electron chi connectivity index (χ2n) is 4.80. The molecule has 1 aromatic heterocycles. The standard InChI is InChI=1S/C11H14N2O5S2/c1-6-9(11(15)16)10(19-13-6)12-8(14)4-7-2-3-20(17,18)5-7/h7H,2-5H2,1H3,(H,12,14)(H,15,16). The number of hydrogen-bond donors (Lipinski definition) is 2. The van der Waals surface area contributed by atoms with Gasteiger partial charge < -0.3 is 10.4 Å². The third-order valence-electron chi connectivity index (χ3n) is 3.13. The number of carboxylic acid groups (broad SMARTS) is 1. The summed E-state index contributed by atoms with van der Waals surface area (Å²) >= 11 is 0.909. The molecule has 1 amide bonds. The van der Waals surface area contributed by atoms with Crippen molar-refractivity contribution in [1.29, 1.82) is 0 Å². The zero-order chi connectivity index (χ0) is 14.9. The number of carboxylic acids is 1. The Kier molecular flexibility index (Phi) is 4.09. The largest absolute Gasteiger partial charge is 0.478 e. The van der Waals surface area contributed by atoms with Crippen LogP contribution in [0.3, 0.4) is 0 Å². The van der Waals surface area contributed by atoms with Gasteiger partial charge in [0.1, 0.15) is 10.6 Å². The minimum atomic E-state index is -3.02. The highest BCUT2D eigenvalue weighted by Crippen LogP contribution is 2.26. The van der Waals surface area contributed by atoms with E-state index in [4.69, 9.17) is 5.11 Å². The van der Waals surface area contributed by atoms with Gasteiger partial charge in [0.15, 0.2) is 9.84 Å². The summed E-state index contributed by atoms with van der Waals surface area (Å²) < 4.78 is 26.5. The minimum absolute atomic E-state index is 0.0117. The molecule has 1 saturated heterocycles. The van der Waals surface area contributed by atoms with Crippen LogP contribution in [0.25, 0.3) is 0 Å². The number of hydrogen-bond acceptors (Lipinski definition) is 6. The van der Waals surface area contributed by atoms with E-state index >= 15 is 0 Å². The number of aromatic nitrogens is 1. The third-order valence-corrected chi connectivity index (χ3v) is 5.82. The first kappa shape index (κ1) is 14.9. The van der Waals surface area contributed by atoms with Gasteiger partial charge in [0, 0.05) is 6.42 Å². The molecule has 2 rings (SSSR count). The lowest BCUT2D eigenvalue weighted by molar-refractivity contribution is -0.116. The first-order valence-electron chi connectivity index (χ1n) is 5.98. The van der Waals surface area contributed by atoms with Gasteiger partial charge in [0.2, 0.25) is 5.91 Å². The van der Waals surface area contributed by atoms with Crippen LogP contribution in [0.1, 0.15) is 28.9 Å². The predicted octanol–water partition coefficient (Wildman–Crippen LogP) is 0.913. The summed E-state index contributed by atoms with van der Waals surface area (Å²) in [6, 6.07) is 0. The molecule has 1 unspecified atom stereocenters. The average Bonchev–Trinajstić information content (AvgIpc) is 2.82. The Morgan fingerprint density at radius 2 is 2.20 bits per heavy atom. The fourth-order valence-electron chi connectivity index (χ4n) is 2.18. The average molecular weight is 318 g/mol. The van der Waals surface area contributed by atoms with E-state index in [0.29, 0.717) is 12.1 Å². The first-order chi connectivity index (χ1) is 9.28. The van der Waals surface area contributed by atoms with Crippen molar-refractivity contribution in [3.63, 3.8) is 0 Å². The van der Waals surface area contributed by atoms with Crippen molar-refractivity contribution in [3.05, 3.63) is 11.3 Å². The van der Waals surface area contributed by atoms with Gasteiger partial charge in [-0.05, 0) is 30.8 Å². The van der Waals surface area contributed by atoms with Gasteiger partial charge in [0.25, 0.3) is 0 Å². The maximum Gasteiger partial charge on any atom is 0.340 e. The zero-order valence-corrected chi connectivity index (χ0v) is 12.4. The number of rotatable bonds is 4. The van der Waals surface area contributed by atoms with Crippen molar-refractivity contribution in [2.24, 2.45) is 5.92 Å². The lowest BCUT2D eigenvalue weighted by Gasteiger charge is -2.07. The lowest BCUT2D eigenvalue weighted by atomic mass is 10.1. The highest BCUT2D eigenvalue weighted by atomic mass is 32.2. The Hall–Kier alpha value is -1.48. The Balaban J connectivity index is 2.01. The third kappa shape index (κ3) is 3.34. The molecular formula is C11H14N2O5S2. The van der Waals surface area contributed by atoms with E-state index in [1.807, 2.05) is 0 Å². The van der Waals surface area contributed by atoms with Crippen molar-refractivity contribution in [1.82, 2.24) is 4.37 Å². The van der Waals surface area contributed by atoms with E-state index in [1.165, 1.54) is 0 Å². The quantitative estimate of drug-likeness (QED) is 0.853. The van der Waals surface area contributed by atoms with Gasteiger partial charge in [-0.15, -0.1) is 0 Å². The van der Waals surface area contributed by atoms with E-state index in [-0.39, 0.29) is 40.3 Å². The normalized spacial score (nSPS) is 20.8. The molecule has 1 fully saturated rings. The molecule has 2 N–H and O–H groups in total. The molecule has 110 valence electrons. The summed E-state index contributed by atoms with van der Waals surface area (Å²) in [5.74, 6) is -1.57. The molecule has 0 spiro atoms. The molecule has 0 saturated carbocycles. The molecule has 9 heteroatoms. The van der Waals surface area contributed by atoms with Gasteiger partial charge >= 0.3 is 5.97 Å². The van der Waals surface area contributed by atoms with Gasteiger partial charge in [-0.3, -0.25) is 4.79 Å². The smallest absolute Gasteiger partial charge is 0.340 e. The number of aromatic carboxylic acids is 1. The summed E-state index contributed by atoms with van der Waals surface area (Å²) in [5, 5.41) is 11.7. The van der Waals surface area contributed by atoms with E-state index in [0.717, 1.165) is 11.5 Å². The van der Waals surface area contributed by atoms with E-state index in [9.17, 15) is 18.0 Å². The van der Waals surface area contributed by atoms with Gasteiger partial charge in [-0.25, -0.2) is 13.2 Å². The highest BCUT2D eigenvalue weighted by molar-refractivity contribution is 7.91. The number of anilines is 1. The van der Waals surface area contributed by atoms with Crippen molar-refractivity contribution in [2.75, 3.05) is 16.8 Å². The van der Waals surface area contributed by atoms with Crippen molar-refractivity contribution >= 4 is 38.2 Å². The van der Waals surface area contributed by atoms with Crippen LogP contribution < -0.4 is 5.32 Å². The topological polar surface area (TPSA) is 113 Å². The van der Waals surface area contributed by atoms with E-state index in [2.05, 4.69) is 9.69 Å². The summed E-state index contributed by atoms with van der Waals surface area (Å²) in [6.45, 7) is 1.55. The summed E-state index contributed by atoms with van der Waals surface area (Å²) in [5.41, 5.74) is 0.337. The summed E-state index contributed by atoms with van der Waals surface area (Å²) in [4.78, 5) is 22.9. The van der Waals surface area contributed by atoms with Crippen LogP contribution in [-0.4, -0.2) is 41.3 Å². The van der Waals surface area contributed by atoms with Crippen LogP contribution >= 0.6 is 11.5 Å². The maximum atomic E-state index is 11.8. The molecular weight excluding hydrogens is 304 g/mol. The number of sulfone groups is 1. The first-order valence-corrected chi connectivity index (χ1v) is 8.58. The van der Waals surface area contributed by atoms with E-state index < -0.39 is 15.8 Å². The van der Waals surface area contributed by atoms with Gasteiger partial charge in [0.05, 0.1) is 17.2 Å². The fourth-order valence-corrected chi connectivity index (χ4v) is 4.85. The maximum absolute atomic E-state index is 11.8. The van der Waals surface area contributed by atoms with Crippen LogP contribution in [0.15, 0.2) is 0 Å². The van der Waals surface area contributed by atoms with Crippen LogP contribution in [0.4, 0.5) is 5.00 Å². The second kappa shape index (κ2) is 5.49. The number of nitrogens with zero attached hydrogens (tertiary/aromatic N) is 1. The van der Waals surface area contributed by atoms with Gasteiger partial charge in [-0.1, -0.05) is 0 Å². The molecule has 0 bridgehead atoms. The van der Waals surface area contributed by atoms with Crippen molar-refractivity contribution < 1.29 is 23.1 Å². The Labute approximate surface area is 120 Å². The number of carbonyl (C=O) groups is 2. The SMILES string of the molecule is Cc1nsc(NC(=O)CC2CCS(=O)(=O)C2)c1C(=O)O. The molecule has 1 aliphatic heterocycles. The molecule has 1 atom stereocenters. The number of amides is 1. The number of nitrogens with one attached hydrogen (secondary N) is 1. The van der Waals surface area contributed by atoms with Gasteiger partial charge in [-0.2, -0.15) is 4.37 Å². The Morgan fingerprint density at radius 1 is 1.50 bits per heavy atom. The van der Waals surface area contributed by atoms with Crippen molar-refractivity contribution in [2.45, 2.75) is 19.8 Å². The molecule has 2 heterocycles. The van der Waals surface area contributed by atoms with Crippen LogP contribution in [0, 0.1) is 12.8 Å². The molecule has 7 nitrogen and oxygen atoms in total. The van der Waals surface area contributed by atoms with Crippen LogP contribution in [0.5, 0.6) is 0 Å². The minimum Gasteiger partial charge on any atom is -0.478 e. The van der Waals surface area contributed by atoms with Crippen LogP contribution in [0.2, 0.25) is 0 Å². The molecule has 20 heavy (non-hydrogen) atoms. The number of aryl methyl sites for hydroxylation is 1. The Morgan fingerprint density at radius 3 is 2.75 bits per heavy atom. The Bertz CT molecular complexity index is 650. The molecule has 1 aromatic rings. The van der Waals surface area contributed by atoms with E-state index in [1.54, 1.807) is 6.92 Å². The summed E-state index contributed by atoms with van der Waals surface area (Å²) in [6.07, 6.45) is 0.554. The monoisotopic (exact) mass is 318 g/mol. The van der Waals surface area contributed by atoms with Crippen molar-refractivity contribution in [3.8, 4) is 0 Å². The van der Waals surface area contributed by atoms with Crippen LogP contribution in [-0.2, 0) is 14.6 Å². The predicted molar refractivity (Wildman–Crippen MR) is 73.8 cm³/mol. The molecule has 0 aliphatic carbocycles. The molecule has 0 radical (unpaired) electrons. The molecule has 1 aliphatic rings. The number of carbonyl (C=O) groups excluding carboxylic acids is 1. The lowest BCUT2D eigenvalue weighted by Crippen LogP contribution is -2.18. The second-order valence-corrected chi connectivity index (χ2v) is 7.80. The fraction of sp³-hybridized carbons (Fsp3) is 0.545.